The van der Waals surface area contributed by atoms with E-state index in [0.717, 1.165) is 46.9 Å². The number of pyridine rings is 1. The van der Waals surface area contributed by atoms with Crippen LogP contribution >= 0.6 is 0 Å². The van der Waals surface area contributed by atoms with E-state index in [9.17, 15) is 9.90 Å². The molecule has 0 aliphatic carbocycles. The van der Waals surface area contributed by atoms with Crippen LogP contribution in [0.15, 0.2) is 60.8 Å². The summed E-state index contributed by atoms with van der Waals surface area (Å²) in [6, 6.07) is 17.8. The van der Waals surface area contributed by atoms with Crippen molar-refractivity contribution in [2.45, 2.75) is 57.8 Å². The number of hydrogen-bond donors (Lipinski definition) is 1. The van der Waals surface area contributed by atoms with Gasteiger partial charge in [0.2, 0.25) is 0 Å². The molecule has 1 aliphatic heterocycles. The van der Waals surface area contributed by atoms with Crippen LogP contribution in [0.4, 0.5) is 4.79 Å². The molecule has 0 bridgehead atoms. The summed E-state index contributed by atoms with van der Waals surface area (Å²) in [7, 11) is 0. The van der Waals surface area contributed by atoms with E-state index in [2.05, 4.69) is 17.1 Å². The molecule has 0 spiro atoms. The quantitative estimate of drug-likeness (QED) is 0.590. The first-order valence-corrected chi connectivity index (χ1v) is 10.9. The molecule has 2 unspecified atom stereocenters. The Kier molecular flexibility index (Phi) is 5.96. The van der Waals surface area contributed by atoms with Gasteiger partial charge in [-0.25, -0.2) is 4.79 Å². The molecule has 1 amide bonds. The van der Waals surface area contributed by atoms with Gasteiger partial charge in [0.25, 0.3) is 0 Å². The summed E-state index contributed by atoms with van der Waals surface area (Å²) in [4.78, 5) is 18.9. The van der Waals surface area contributed by atoms with Gasteiger partial charge in [-0.3, -0.25) is 4.98 Å². The fourth-order valence-electron chi connectivity index (χ4n) is 4.16. The van der Waals surface area contributed by atoms with E-state index in [-0.39, 0.29) is 12.1 Å². The number of nitrogens with zero attached hydrogens (tertiary/aromatic N) is 2. The Morgan fingerprint density at radius 3 is 2.58 bits per heavy atom. The van der Waals surface area contributed by atoms with Gasteiger partial charge < -0.3 is 14.7 Å². The fourth-order valence-corrected chi connectivity index (χ4v) is 4.16. The molecule has 1 saturated heterocycles. The van der Waals surface area contributed by atoms with Crippen LogP contribution in [-0.4, -0.2) is 39.3 Å². The van der Waals surface area contributed by atoms with Crippen LogP contribution in [0.1, 0.15) is 51.7 Å². The Balaban J connectivity index is 1.53. The van der Waals surface area contributed by atoms with Gasteiger partial charge in [-0.05, 0) is 63.3 Å². The van der Waals surface area contributed by atoms with E-state index >= 15 is 0 Å². The molecule has 1 aliphatic rings. The van der Waals surface area contributed by atoms with Crippen LogP contribution in [0, 0.1) is 0 Å². The van der Waals surface area contributed by atoms with Crippen molar-refractivity contribution in [2.75, 3.05) is 6.54 Å². The predicted molar refractivity (Wildman–Crippen MR) is 123 cm³/mol. The molecule has 1 N–H and O–H groups in total. The lowest BCUT2D eigenvalue weighted by Crippen LogP contribution is -2.48. The maximum absolute atomic E-state index is 12.7. The molecule has 5 heteroatoms. The van der Waals surface area contributed by atoms with Crippen LogP contribution < -0.4 is 0 Å². The minimum Gasteiger partial charge on any atom is -0.444 e. The van der Waals surface area contributed by atoms with Gasteiger partial charge in [0, 0.05) is 23.7 Å². The number of carbonyl (C=O) groups excluding carboxylic acids is 1. The molecular formula is C26H30N2O3. The van der Waals surface area contributed by atoms with Crippen molar-refractivity contribution in [1.29, 1.82) is 0 Å². The lowest BCUT2D eigenvalue weighted by atomic mass is 9.92. The Bertz CT molecular complexity index is 1060. The van der Waals surface area contributed by atoms with Crippen molar-refractivity contribution < 1.29 is 14.6 Å². The Labute approximate surface area is 183 Å². The third kappa shape index (κ3) is 4.88. The summed E-state index contributed by atoms with van der Waals surface area (Å²) in [5, 5.41) is 12.2. The van der Waals surface area contributed by atoms with Gasteiger partial charge in [0.1, 0.15) is 5.60 Å². The number of ether oxygens (including phenoxy) is 1. The van der Waals surface area contributed by atoms with Crippen LogP contribution in [0.2, 0.25) is 0 Å². The smallest absolute Gasteiger partial charge is 0.410 e. The lowest BCUT2D eigenvalue weighted by molar-refractivity contribution is -0.0169. The number of fused-ring (bicyclic) bond motifs is 1. The third-order valence-electron chi connectivity index (χ3n) is 5.72. The van der Waals surface area contributed by atoms with E-state index in [1.165, 1.54) is 0 Å². The fraction of sp³-hybridized carbons (Fsp3) is 0.385. The zero-order valence-corrected chi connectivity index (χ0v) is 18.4. The average Bonchev–Trinajstić information content (AvgIpc) is 2.77. The van der Waals surface area contributed by atoms with E-state index in [1.54, 1.807) is 4.90 Å². The summed E-state index contributed by atoms with van der Waals surface area (Å²) in [6.45, 7) is 6.19. The largest absolute Gasteiger partial charge is 0.444 e. The minimum atomic E-state index is -0.753. The number of likely N-dealkylation sites (tertiary alicyclic amines) is 1. The van der Waals surface area contributed by atoms with E-state index < -0.39 is 11.7 Å². The summed E-state index contributed by atoms with van der Waals surface area (Å²) < 4.78 is 5.57. The second-order valence-corrected chi connectivity index (χ2v) is 9.22. The number of aliphatic hydroxyl groups excluding tert-OH is 1. The number of aliphatic hydroxyl groups is 1. The van der Waals surface area contributed by atoms with Crippen molar-refractivity contribution in [3.8, 4) is 11.1 Å². The molecule has 2 aromatic carbocycles. The summed E-state index contributed by atoms with van der Waals surface area (Å²) in [6.07, 6.45) is 3.44. The minimum absolute atomic E-state index is 0.281. The maximum atomic E-state index is 12.7. The van der Waals surface area contributed by atoms with Crippen molar-refractivity contribution >= 4 is 17.0 Å². The molecule has 31 heavy (non-hydrogen) atoms. The van der Waals surface area contributed by atoms with E-state index in [1.807, 2.05) is 69.4 Å². The second-order valence-electron chi connectivity index (χ2n) is 9.22. The highest BCUT2D eigenvalue weighted by molar-refractivity contribution is 5.83. The van der Waals surface area contributed by atoms with Crippen molar-refractivity contribution in [3.63, 3.8) is 0 Å². The number of carbonyl (C=O) groups is 1. The number of hydrogen-bond acceptors (Lipinski definition) is 4. The summed E-state index contributed by atoms with van der Waals surface area (Å²) in [5.74, 6) is 0. The standard InChI is InChI=1S/C26H30N2O3/c1-26(2,3)31-25(30)28-15-7-6-10-23(28)24(29)19-13-11-18(12-14-19)21-16-20-8-4-5-9-22(20)27-17-21/h4-5,8-9,11-14,16-17,23-24,29H,6-7,10,15H2,1-3H3. The molecule has 1 fully saturated rings. The molecule has 2 atom stereocenters. The number of benzene rings is 2. The van der Waals surface area contributed by atoms with Crippen LogP contribution in [0.25, 0.3) is 22.0 Å². The SMILES string of the molecule is CC(C)(C)OC(=O)N1CCCCC1C(O)c1ccc(-c2cnc3ccccc3c2)cc1. The monoisotopic (exact) mass is 418 g/mol. The normalized spacial score (nSPS) is 18.1. The molecular weight excluding hydrogens is 388 g/mol. The number of piperidine rings is 1. The molecule has 0 radical (unpaired) electrons. The number of amides is 1. The first kappa shape index (κ1) is 21.3. The van der Waals surface area contributed by atoms with Gasteiger partial charge >= 0.3 is 6.09 Å². The second kappa shape index (κ2) is 8.67. The Hall–Kier alpha value is -2.92. The van der Waals surface area contributed by atoms with Gasteiger partial charge in [-0.2, -0.15) is 0 Å². The molecule has 5 nitrogen and oxygen atoms in total. The van der Waals surface area contributed by atoms with Crippen molar-refractivity contribution in [1.82, 2.24) is 9.88 Å². The zero-order valence-electron chi connectivity index (χ0n) is 18.4. The predicted octanol–water partition coefficient (Wildman–Crippen LogP) is 5.72. The molecule has 2 heterocycles. The molecule has 3 aromatic rings. The topological polar surface area (TPSA) is 62.7 Å². The van der Waals surface area contributed by atoms with Crippen LogP contribution in [-0.2, 0) is 4.74 Å². The maximum Gasteiger partial charge on any atom is 0.410 e. The van der Waals surface area contributed by atoms with Gasteiger partial charge in [-0.15, -0.1) is 0 Å². The summed E-state index contributed by atoms with van der Waals surface area (Å²) in [5.41, 5.74) is 3.30. The van der Waals surface area contributed by atoms with E-state index in [0.29, 0.717) is 6.54 Å². The number of aromatic nitrogens is 1. The molecule has 162 valence electrons. The average molecular weight is 419 g/mol. The van der Waals surface area contributed by atoms with Crippen LogP contribution in [0.3, 0.4) is 0 Å². The summed E-state index contributed by atoms with van der Waals surface area (Å²) >= 11 is 0. The Morgan fingerprint density at radius 2 is 1.84 bits per heavy atom. The Morgan fingerprint density at radius 1 is 1.10 bits per heavy atom. The highest BCUT2D eigenvalue weighted by Crippen LogP contribution is 2.31. The highest BCUT2D eigenvalue weighted by Gasteiger charge is 2.35. The van der Waals surface area contributed by atoms with Gasteiger partial charge in [-0.1, -0.05) is 42.5 Å². The van der Waals surface area contributed by atoms with Crippen molar-refractivity contribution in [2.24, 2.45) is 0 Å². The third-order valence-corrected chi connectivity index (χ3v) is 5.72. The van der Waals surface area contributed by atoms with Crippen molar-refractivity contribution in [3.05, 3.63) is 66.4 Å². The molecule has 4 rings (SSSR count). The number of rotatable bonds is 3. The van der Waals surface area contributed by atoms with Gasteiger partial charge in [0.05, 0.1) is 17.7 Å². The zero-order chi connectivity index (χ0) is 22.0. The van der Waals surface area contributed by atoms with E-state index in [4.69, 9.17) is 4.74 Å². The first-order chi connectivity index (χ1) is 14.8. The van der Waals surface area contributed by atoms with Gasteiger partial charge in [0.15, 0.2) is 0 Å². The highest BCUT2D eigenvalue weighted by atomic mass is 16.6. The number of para-hydroxylation sites is 1. The lowest BCUT2D eigenvalue weighted by Gasteiger charge is -2.39. The van der Waals surface area contributed by atoms with Crippen LogP contribution in [0.5, 0.6) is 0 Å². The molecule has 0 saturated carbocycles. The molecule has 1 aromatic heterocycles. The first-order valence-electron chi connectivity index (χ1n) is 10.9.